The number of nitrogens with one attached hydrogen (secondary N) is 1. The van der Waals surface area contributed by atoms with Gasteiger partial charge in [0, 0.05) is 0 Å². The average Bonchev–Trinajstić information content (AvgIpc) is 2.36. The Morgan fingerprint density at radius 2 is 2.26 bits per heavy atom. The molecule has 0 spiro atoms. The Bertz CT molecular complexity index is 482. The van der Waals surface area contributed by atoms with Crippen molar-refractivity contribution in [1.29, 1.82) is 0 Å². The zero-order valence-electron chi connectivity index (χ0n) is 10.3. The van der Waals surface area contributed by atoms with E-state index < -0.39 is 23.7 Å². The van der Waals surface area contributed by atoms with Crippen molar-refractivity contribution in [3.8, 4) is 0 Å². The Kier molecular flexibility index (Phi) is 5.69. The molecule has 1 aromatic rings. The Morgan fingerprint density at radius 1 is 1.58 bits per heavy atom. The van der Waals surface area contributed by atoms with Gasteiger partial charge < -0.3 is 10.4 Å². The summed E-state index contributed by atoms with van der Waals surface area (Å²) < 4.78 is 13.0. The number of carboxylic acids is 1. The highest BCUT2D eigenvalue weighted by molar-refractivity contribution is 6.32. The van der Waals surface area contributed by atoms with Crippen LogP contribution < -0.4 is 5.32 Å². The molecule has 7 heteroatoms. The Labute approximate surface area is 114 Å². The third kappa shape index (κ3) is 4.48. The number of nitrogens with zero attached hydrogens (tertiary/aromatic N) is 1. The number of amides is 1. The summed E-state index contributed by atoms with van der Waals surface area (Å²) in [6.07, 6.45) is 2.65. The van der Waals surface area contributed by atoms with Gasteiger partial charge in [-0.3, -0.25) is 4.79 Å². The Hall–Kier alpha value is -1.69. The highest BCUT2D eigenvalue weighted by Gasteiger charge is 2.22. The summed E-state index contributed by atoms with van der Waals surface area (Å²) in [6.45, 7) is 1.91. The van der Waals surface area contributed by atoms with Gasteiger partial charge in [-0.25, -0.2) is 14.2 Å². The largest absolute Gasteiger partial charge is 0.480 e. The molecule has 5 nitrogen and oxygen atoms in total. The van der Waals surface area contributed by atoms with Gasteiger partial charge in [0.1, 0.15) is 17.0 Å². The van der Waals surface area contributed by atoms with Crippen molar-refractivity contribution in [1.82, 2.24) is 10.3 Å². The lowest BCUT2D eigenvalue weighted by atomic mass is 10.1. The SMILES string of the molecule is CCCC[C@H](NC(=O)c1cc(F)cnc1Cl)C(=O)O. The molecule has 1 atom stereocenters. The number of rotatable bonds is 6. The van der Waals surface area contributed by atoms with Gasteiger partial charge in [0.2, 0.25) is 0 Å². The van der Waals surface area contributed by atoms with Crippen LogP contribution in [0.25, 0.3) is 0 Å². The van der Waals surface area contributed by atoms with Crippen LogP contribution in [0.4, 0.5) is 4.39 Å². The standard InChI is InChI=1S/C12H14ClFN2O3/c1-2-3-4-9(12(18)19)16-11(17)8-5-7(14)6-15-10(8)13/h5-6,9H,2-4H2,1H3,(H,16,17)(H,18,19)/t9-/m0/s1. The first-order valence-corrected chi connectivity index (χ1v) is 6.18. The molecule has 0 aromatic carbocycles. The Balaban J connectivity index is 2.81. The molecule has 1 aromatic heterocycles. The topological polar surface area (TPSA) is 79.3 Å². The fourth-order valence-corrected chi connectivity index (χ4v) is 1.67. The van der Waals surface area contributed by atoms with Crippen molar-refractivity contribution in [2.24, 2.45) is 0 Å². The highest BCUT2D eigenvalue weighted by Crippen LogP contribution is 2.14. The van der Waals surface area contributed by atoms with E-state index in [1.165, 1.54) is 0 Å². The molecule has 0 aliphatic carbocycles. The summed E-state index contributed by atoms with van der Waals surface area (Å²) >= 11 is 5.67. The van der Waals surface area contributed by atoms with E-state index in [0.29, 0.717) is 12.8 Å². The van der Waals surface area contributed by atoms with Crippen molar-refractivity contribution < 1.29 is 19.1 Å². The predicted molar refractivity (Wildman–Crippen MR) is 67.6 cm³/mol. The first-order chi connectivity index (χ1) is 8.95. The first kappa shape index (κ1) is 15.4. The van der Waals surface area contributed by atoms with Crippen LogP contribution in [0.1, 0.15) is 36.5 Å². The summed E-state index contributed by atoms with van der Waals surface area (Å²) in [5.74, 6) is -2.60. The van der Waals surface area contributed by atoms with Gasteiger partial charge >= 0.3 is 5.97 Å². The molecule has 19 heavy (non-hydrogen) atoms. The lowest BCUT2D eigenvalue weighted by Gasteiger charge is -2.14. The molecule has 1 amide bonds. The number of carbonyl (C=O) groups excluding carboxylic acids is 1. The quantitative estimate of drug-likeness (QED) is 0.787. The number of pyridine rings is 1. The third-order valence-corrected chi connectivity index (χ3v) is 2.80. The molecule has 0 saturated heterocycles. The van der Waals surface area contributed by atoms with E-state index in [9.17, 15) is 14.0 Å². The molecule has 0 aliphatic rings. The van der Waals surface area contributed by atoms with Crippen molar-refractivity contribution in [2.75, 3.05) is 0 Å². The van der Waals surface area contributed by atoms with E-state index in [0.717, 1.165) is 18.7 Å². The van der Waals surface area contributed by atoms with E-state index in [2.05, 4.69) is 10.3 Å². The number of hydrogen-bond acceptors (Lipinski definition) is 3. The molecule has 0 radical (unpaired) electrons. The van der Waals surface area contributed by atoms with Crippen molar-refractivity contribution in [3.63, 3.8) is 0 Å². The molecule has 0 saturated carbocycles. The monoisotopic (exact) mass is 288 g/mol. The maximum absolute atomic E-state index is 13.0. The predicted octanol–water partition coefficient (Wildman–Crippen LogP) is 2.25. The van der Waals surface area contributed by atoms with E-state index in [4.69, 9.17) is 16.7 Å². The molecular weight excluding hydrogens is 275 g/mol. The number of aromatic nitrogens is 1. The van der Waals surface area contributed by atoms with Crippen LogP contribution in [-0.4, -0.2) is 28.0 Å². The lowest BCUT2D eigenvalue weighted by molar-refractivity contribution is -0.139. The van der Waals surface area contributed by atoms with Gasteiger partial charge in [0.05, 0.1) is 11.8 Å². The molecule has 1 heterocycles. The van der Waals surface area contributed by atoms with Crippen molar-refractivity contribution in [3.05, 3.63) is 28.8 Å². The van der Waals surface area contributed by atoms with Crippen LogP contribution in [0, 0.1) is 5.82 Å². The molecular formula is C12H14ClFN2O3. The van der Waals surface area contributed by atoms with Crippen LogP contribution in [0.2, 0.25) is 5.15 Å². The maximum Gasteiger partial charge on any atom is 0.326 e. The zero-order valence-corrected chi connectivity index (χ0v) is 11.1. The fourth-order valence-electron chi connectivity index (χ4n) is 1.48. The summed E-state index contributed by atoms with van der Waals surface area (Å²) in [4.78, 5) is 26.3. The van der Waals surface area contributed by atoms with Gasteiger partial charge in [-0.2, -0.15) is 0 Å². The van der Waals surface area contributed by atoms with Crippen LogP contribution in [-0.2, 0) is 4.79 Å². The minimum Gasteiger partial charge on any atom is -0.480 e. The molecule has 0 aliphatic heterocycles. The van der Waals surface area contributed by atoms with E-state index in [1.807, 2.05) is 6.92 Å². The zero-order chi connectivity index (χ0) is 14.4. The molecule has 2 N–H and O–H groups in total. The third-order valence-electron chi connectivity index (χ3n) is 2.50. The van der Waals surface area contributed by atoms with Gasteiger partial charge in [0.15, 0.2) is 0 Å². The van der Waals surface area contributed by atoms with Gasteiger partial charge in [-0.15, -0.1) is 0 Å². The van der Waals surface area contributed by atoms with E-state index in [-0.39, 0.29) is 10.7 Å². The maximum atomic E-state index is 13.0. The van der Waals surface area contributed by atoms with E-state index >= 15 is 0 Å². The number of carboxylic acid groups (broad SMARTS) is 1. The number of carbonyl (C=O) groups is 2. The van der Waals surface area contributed by atoms with E-state index in [1.54, 1.807) is 0 Å². The van der Waals surface area contributed by atoms with Crippen LogP contribution in [0.5, 0.6) is 0 Å². The smallest absolute Gasteiger partial charge is 0.326 e. The number of hydrogen-bond donors (Lipinski definition) is 2. The van der Waals surface area contributed by atoms with Gasteiger partial charge in [-0.1, -0.05) is 31.4 Å². The molecule has 104 valence electrons. The summed E-state index contributed by atoms with van der Waals surface area (Å²) in [6, 6.07) is -0.101. The van der Waals surface area contributed by atoms with Crippen LogP contribution in [0.15, 0.2) is 12.3 Å². The normalized spacial score (nSPS) is 11.9. The second-order valence-corrected chi connectivity index (χ2v) is 4.36. The summed E-state index contributed by atoms with van der Waals surface area (Å²) in [7, 11) is 0. The lowest BCUT2D eigenvalue weighted by Crippen LogP contribution is -2.40. The van der Waals surface area contributed by atoms with Crippen LogP contribution in [0.3, 0.4) is 0 Å². The number of halogens is 2. The Morgan fingerprint density at radius 3 is 2.84 bits per heavy atom. The minimum atomic E-state index is -1.14. The minimum absolute atomic E-state index is 0.168. The molecule has 0 bridgehead atoms. The van der Waals surface area contributed by atoms with Gasteiger partial charge in [-0.05, 0) is 12.5 Å². The van der Waals surface area contributed by atoms with Gasteiger partial charge in [0.25, 0.3) is 5.91 Å². The van der Waals surface area contributed by atoms with Crippen molar-refractivity contribution >= 4 is 23.5 Å². The molecule has 0 fully saturated rings. The second kappa shape index (κ2) is 7.04. The molecule has 1 rings (SSSR count). The summed E-state index contributed by atoms with van der Waals surface area (Å²) in [5.41, 5.74) is -0.176. The highest BCUT2D eigenvalue weighted by atomic mass is 35.5. The van der Waals surface area contributed by atoms with Crippen molar-refractivity contribution in [2.45, 2.75) is 32.2 Å². The number of aliphatic carboxylic acids is 1. The average molecular weight is 289 g/mol. The second-order valence-electron chi connectivity index (χ2n) is 4.00. The number of unbranched alkanes of at least 4 members (excludes halogenated alkanes) is 1. The fraction of sp³-hybridized carbons (Fsp3) is 0.417. The molecule has 0 unspecified atom stereocenters. The summed E-state index contributed by atoms with van der Waals surface area (Å²) in [5, 5.41) is 11.1. The van der Waals surface area contributed by atoms with Crippen LogP contribution >= 0.6 is 11.6 Å². The first-order valence-electron chi connectivity index (χ1n) is 5.80.